The van der Waals surface area contributed by atoms with E-state index in [-0.39, 0.29) is 41.5 Å². The van der Waals surface area contributed by atoms with E-state index in [9.17, 15) is 9.59 Å². The van der Waals surface area contributed by atoms with Crippen molar-refractivity contribution in [3.8, 4) is 0 Å². The van der Waals surface area contributed by atoms with Crippen LogP contribution in [0.5, 0.6) is 0 Å². The molecule has 0 aliphatic carbocycles. The summed E-state index contributed by atoms with van der Waals surface area (Å²) in [5, 5.41) is 0.986. The molecule has 3 heterocycles. The molecule has 4 rings (SSSR count). The normalized spacial score (nSPS) is 11.1. The molecule has 9 heteroatoms. The van der Waals surface area contributed by atoms with Crippen LogP contribution in [-0.4, -0.2) is 33.5 Å². The second-order valence-electron chi connectivity index (χ2n) is 7.37. The predicted octanol–water partition coefficient (Wildman–Crippen LogP) is 3.81. The van der Waals surface area contributed by atoms with Crippen molar-refractivity contribution in [2.45, 2.75) is 34.3 Å². The first-order valence-electron chi connectivity index (χ1n) is 10.1. The van der Waals surface area contributed by atoms with Gasteiger partial charge in [0.05, 0.1) is 23.1 Å². The highest BCUT2D eigenvalue weighted by Gasteiger charge is 2.24. The summed E-state index contributed by atoms with van der Waals surface area (Å²) in [6.07, 6.45) is 0. The van der Waals surface area contributed by atoms with Crippen molar-refractivity contribution in [2.75, 3.05) is 12.3 Å². The summed E-state index contributed by atoms with van der Waals surface area (Å²) in [6.45, 7) is 7.07. The summed E-state index contributed by atoms with van der Waals surface area (Å²) >= 11 is 0. The van der Waals surface area contributed by atoms with E-state index in [1.165, 1.54) is 0 Å². The van der Waals surface area contributed by atoms with Crippen molar-refractivity contribution in [3.63, 3.8) is 0 Å². The SMILES string of the molecule is CCOC(=O)c1c(C)oc2nc(COC(=O)c3cc(C)nc4ccc(C)cc34)nc(N)c12. The molecule has 0 saturated heterocycles. The molecule has 9 nitrogen and oxygen atoms in total. The van der Waals surface area contributed by atoms with E-state index >= 15 is 0 Å². The molecule has 0 aliphatic rings. The zero-order valence-electron chi connectivity index (χ0n) is 18.2. The van der Waals surface area contributed by atoms with Gasteiger partial charge in [0, 0.05) is 11.1 Å². The Hall–Kier alpha value is -4.01. The average Bonchev–Trinajstić information content (AvgIpc) is 3.08. The van der Waals surface area contributed by atoms with Gasteiger partial charge in [-0.15, -0.1) is 0 Å². The van der Waals surface area contributed by atoms with Gasteiger partial charge in [-0.05, 0) is 45.9 Å². The highest BCUT2D eigenvalue weighted by Crippen LogP contribution is 2.29. The van der Waals surface area contributed by atoms with Crippen LogP contribution in [0.2, 0.25) is 0 Å². The number of carbonyl (C=O) groups excluding carboxylic acids is 2. The van der Waals surface area contributed by atoms with E-state index in [2.05, 4.69) is 15.0 Å². The number of nitrogens with zero attached hydrogens (tertiary/aromatic N) is 3. The fourth-order valence-electron chi connectivity index (χ4n) is 3.55. The minimum atomic E-state index is -0.562. The minimum absolute atomic E-state index is 0.0433. The summed E-state index contributed by atoms with van der Waals surface area (Å²) in [6, 6.07) is 7.38. The first-order chi connectivity index (χ1) is 15.3. The summed E-state index contributed by atoms with van der Waals surface area (Å²) in [7, 11) is 0. The number of fused-ring (bicyclic) bond motifs is 2. The monoisotopic (exact) mass is 434 g/mol. The summed E-state index contributed by atoms with van der Waals surface area (Å²) in [4.78, 5) is 38.0. The number of ether oxygens (including phenoxy) is 2. The van der Waals surface area contributed by atoms with Crippen molar-refractivity contribution in [1.29, 1.82) is 0 Å². The maximum absolute atomic E-state index is 12.8. The molecule has 1 aromatic carbocycles. The van der Waals surface area contributed by atoms with Gasteiger partial charge in [0.25, 0.3) is 0 Å². The lowest BCUT2D eigenvalue weighted by Crippen LogP contribution is -2.11. The number of hydrogen-bond donors (Lipinski definition) is 1. The van der Waals surface area contributed by atoms with Gasteiger partial charge in [-0.25, -0.2) is 14.6 Å². The van der Waals surface area contributed by atoms with Crippen LogP contribution in [0, 0.1) is 20.8 Å². The number of aromatic nitrogens is 3. The van der Waals surface area contributed by atoms with Gasteiger partial charge in [-0.1, -0.05) is 11.6 Å². The van der Waals surface area contributed by atoms with Crippen molar-refractivity contribution < 1.29 is 23.5 Å². The zero-order chi connectivity index (χ0) is 23.0. The van der Waals surface area contributed by atoms with E-state index in [1.54, 1.807) is 19.9 Å². The van der Waals surface area contributed by atoms with Crippen molar-refractivity contribution >= 4 is 39.8 Å². The maximum Gasteiger partial charge on any atom is 0.342 e. The van der Waals surface area contributed by atoms with Crippen LogP contribution in [0.25, 0.3) is 22.0 Å². The Bertz CT molecular complexity index is 1380. The summed E-state index contributed by atoms with van der Waals surface area (Å²) in [5.41, 5.74) is 9.21. The summed E-state index contributed by atoms with van der Waals surface area (Å²) in [5.74, 6) is -0.576. The van der Waals surface area contributed by atoms with Crippen LogP contribution in [0.3, 0.4) is 0 Å². The molecule has 0 amide bonds. The second-order valence-corrected chi connectivity index (χ2v) is 7.37. The molecule has 2 N–H and O–H groups in total. The molecular weight excluding hydrogens is 412 g/mol. The Morgan fingerprint density at radius 2 is 1.81 bits per heavy atom. The topological polar surface area (TPSA) is 130 Å². The van der Waals surface area contributed by atoms with E-state index in [4.69, 9.17) is 19.6 Å². The van der Waals surface area contributed by atoms with Gasteiger partial charge >= 0.3 is 11.9 Å². The highest BCUT2D eigenvalue weighted by molar-refractivity contribution is 6.07. The molecule has 0 radical (unpaired) electrons. The molecule has 32 heavy (non-hydrogen) atoms. The largest absolute Gasteiger partial charge is 0.462 e. The van der Waals surface area contributed by atoms with Gasteiger partial charge in [-0.3, -0.25) is 4.98 Å². The summed E-state index contributed by atoms with van der Waals surface area (Å²) < 4.78 is 16.1. The number of hydrogen-bond acceptors (Lipinski definition) is 9. The third-order valence-corrected chi connectivity index (χ3v) is 4.93. The lowest BCUT2D eigenvalue weighted by atomic mass is 10.1. The van der Waals surface area contributed by atoms with E-state index < -0.39 is 11.9 Å². The number of benzene rings is 1. The lowest BCUT2D eigenvalue weighted by molar-refractivity contribution is 0.0463. The third kappa shape index (κ3) is 3.84. The van der Waals surface area contributed by atoms with Gasteiger partial charge < -0.3 is 19.6 Å². The number of furan rings is 1. The van der Waals surface area contributed by atoms with Crippen molar-refractivity contribution in [1.82, 2.24) is 15.0 Å². The number of anilines is 1. The van der Waals surface area contributed by atoms with Gasteiger partial charge in [-0.2, -0.15) is 4.98 Å². The molecule has 0 saturated carbocycles. The van der Waals surface area contributed by atoms with Gasteiger partial charge in [0.15, 0.2) is 12.4 Å². The molecule has 0 atom stereocenters. The van der Waals surface area contributed by atoms with Gasteiger partial charge in [0.1, 0.15) is 17.1 Å². The predicted molar refractivity (Wildman–Crippen MR) is 117 cm³/mol. The molecular formula is C23H22N4O5. The standard InChI is InChI=1S/C23H22N4O5/c1-5-30-23(29)18-13(4)32-21-19(18)20(24)26-17(27-21)10-31-22(28)15-9-12(3)25-16-7-6-11(2)8-14(15)16/h6-9H,5,10H2,1-4H3,(H2,24,26,27). The van der Waals surface area contributed by atoms with Crippen LogP contribution < -0.4 is 5.73 Å². The van der Waals surface area contributed by atoms with E-state index in [0.29, 0.717) is 27.9 Å². The number of nitrogen functional groups attached to an aromatic ring is 1. The van der Waals surface area contributed by atoms with E-state index in [0.717, 1.165) is 5.56 Å². The number of pyridine rings is 1. The van der Waals surface area contributed by atoms with E-state index in [1.807, 2.05) is 32.0 Å². The quantitative estimate of drug-likeness (QED) is 0.466. The van der Waals surface area contributed by atoms with Crippen LogP contribution in [0.1, 0.15) is 50.5 Å². The number of esters is 2. The Balaban J connectivity index is 1.63. The first kappa shape index (κ1) is 21.2. The van der Waals surface area contributed by atoms with Crippen LogP contribution >= 0.6 is 0 Å². The maximum atomic E-state index is 12.8. The Labute approximate surface area is 183 Å². The zero-order valence-corrected chi connectivity index (χ0v) is 18.2. The molecule has 3 aromatic heterocycles. The minimum Gasteiger partial charge on any atom is -0.462 e. The van der Waals surface area contributed by atoms with Crippen molar-refractivity contribution in [2.24, 2.45) is 0 Å². The number of rotatable bonds is 5. The average molecular weight is 434 g/mol. The molecule has 4 aromatic rings. The Morgan fingerprint density at radius 1 is 1.03 bits per heavy atom. The smallest absolute Gasteiger partial charge is 0.342 e. The molecule has 0 bridgehead atoms. The molecule has 0 unspecified atom stereocenters. The molecule has 0 fully saturated rings. The number of aryl methyl sites for hydroxylation is 3. The fraction of sp³-hybridized carbons (Fsp3) is 0.261. The van der Waals surface area contributed by atoms with Crippen molar-refractivity contribution in [3.05, 3.63) is 58.2 Å². The highest BCUT2D eigenvalue weighted by atomic mass is 16.5. The fourth-order valence-corrected chi connectivity index (χ4v) is 3.55. The molecule has 164 valence electrons. The van der Waals surface area contributed by atoms with Crippen LogP contribution in [0.15, 0.2) is 28.7 Å². The first-order valence-corrected chi connectivity index (χ1v) is 10.1. The molecule has 0 spiro atoms. The lowest BCUT2D eigenvalue weighted by Gasteiger charge is -2.09. The van der Waals surface area contributed by atoms with Crippen LogP contribution in [0.4, 0.5) is 5.82 Å². The Morgan fingerprint density at radius 3 is 2.56 bits per heavy atom. The Kier molecular flexibility index (Phi) is 5.48. The third-order valence-electron chi connectivity index (χ3n) is 4.93. The van der Waals surface area contributed by atoms with Gasteiger partial charge in [0.2, 0.25) is 5.71 Å². The van der Waals surface area contributed by atoms with Crippen LogP contribution in [-0.2, 0) is 16.1 Å². The number of nitrogens with two attached hydrogens (primary N) is 1. The second kappa shape index (κ2) is 8.26. The molecule has 0 aliphatic heterocycles. The number of carbonyl (C=O) groups is 2.